The van der Waals surface area contributed by atoms with Crippen molar-refractivity contribution >= 4 is 23.0 Å². The fourth-order valence-corrected chi connectivity index (χ4v) is 4.65. The molecular formula is C24H32FN3OS. The van der Waals surface area contributed by atoms with Crippen LogP contribution in [-0.4, -0.2) is 42.7 Å². The maximum atomic E-state index is 13.0. The molecule has 0 amide bonds. The average molecular weight is 430 g/mol. The van der Waals surface area contributed by atoms with Crippen molar-refractivity contribution in [1.82, 2.24) is 9.61 Å². The van der Waals surface area contributed by atoms with Crippen molar-refractivity contribution < 1.29 is 9.13 Å². The molecule has 0 N–H and O–H groups in total. The van der Waals surface area contributed by atoms with Crippen LogP contribution in [0.5, 0.6) is 5.75 Å². The minimum atomic E-state index is -0.312. The Bertz CT molecular complexity index is 1020. The molecule has 2 heterocycles. The number of ether oxygens (including phenoxy) is 1. The van der Waals surface area contributed by atoms with Crippen LogP contribution in [0.15, 0.2) is 35.4 Å². The highest BCUT2D eigenvalue weighted by atomic mass is 32.2. The number of alkyl halides is 1. The summed E-state index contributed by atoms with van der Waals surface area (Å²) in [7, 11) is 1.71. The summed E-state index contributed by atoms with van der Waals surface area (Å²) >= 11 is 1.63. The van der Waals surface area contributed by atoms with Crippen molar-refractivity contribution in [2.75, 3.05) is 38.0 Å². The second-order valence-corrected chi connectivity index (χ2v) is 8.90. The number of thioether (sulfide) groups is 1. The third-order valence-corrected chi connectivity index (χ3v) is 5.84. The van der Waals surface area contributed by atoms with Crippen LogP contribution in [0.3, 0.4) is 0 Å². The second-order valence-electron chi connectivity index (χ2n) is 8.11. The Kier molecular flexibility index (Phi) is 7.29. The van der Waals surface area contributed by atoms with E-state index in [1.807, 2.05) is 10.8 Å². The number of fused-ring (bicyclic) bond motifs is 1. The fourth-order valence-electron chi connectivity index (χ4n) is 4.06. The van der Waals surface area contributed by atoms with Gasteiger partial charge in [0.2, 0.25) is 0 Å². The number of aryl methyl sites for hydroxylation is 2. The molecule has 30 heavy (non-hydrogen) atoms. The number of anilines is 1. The Balaban J connectivity index is 2.25. The molecule has 0 unspecified atom stereocenters. The van der Waals surface area contributed by atoms with Crippen molar-refractivity contribution in [1.29, 1.82) is 0 Å². The predicted octanol–water partition coefficient (Wildman–Crippen LogP) is 6.17. The van der Waals surface area contributed by atoms with E-state index in [0.717, 1.165) is 45.3 Å². The van der Waals surface area contributed by atoms with Crippen molar-refractivity contribution in [2.24, 2.45) is 5.92 Å². The summed E-state index contributed by atoms with van der Waals surface area (Å²) < 4.78 is 20.8. The second kappa shape index (κ2) is 9.73. The standard InChI is InChI=1S/C24H32FN3OS/c1-16(2)15-27(12-8-11-25)23-20-10-7-9-19(28(20)26-24(23)30-6)22-18(4)13-17(3)14-21(22)29-5/h7,9-10,13-14,16H,8,11-12,15H2,1-6H3. The van der Waals surface area contributed by atoms with Gasteiger partial charge in [-0.1, -0.05) is 26.0 Å². The number of methoxy groups -OCH3 is 1. The zero-order valence-electron chi connectivity index (χ0n) is 18.8. The van der Waals surface area contributed by atoms with Gasteiger partial charge in [0.15, 0.2) is 0 Å². The van der Waals surface area contributed by atoms with Gasteiger partial charge in [0.25, 0.3) is 0 Å². The molecule has 1 aromatic carbocycles. The minimum Gasteiger partial charge on any atom is -0.496 e. The number of rotatable bonds is 9. The first-order chi connectivity index (χ1) is 14.4. The van der Waals surface area contributed by atoms with Crippen LogP contribution in [0, 0.1) is 19.8 Å². The lowest BCUT2D eigenvalue weighted by Gasteiger charge is -2.26. The van der Waals surface area contributed by atoms with Crippen LogP contribution in [0.4, 0.5) is 10.1 Å². The highest BCUT2D eigenvalue weighted by molar-refractivity contribution is 7.98. The van der Waals surface area contributed by atoms with Gasteiger partial charge in [-0.05, 0) is 61.8 Å². The van der Waals surface area contributed by atoms with Gasteiger partial charge in [0.05, 0.1) is 30.7 Å². The summed E-state index contributed by atoms with van der Waals surface area (Å²) in [6, 6.07) is 10.5. The molecule has 0 radical (unpaired) electrons. The van der Waals surface area contributed by atoms with Crippen LogP contribution in [0.25, 0.3) is 16.8 Å². The number of aromatic nitrogens is 2. The molecule has 4 nitrogen and oxygen atoms in total. The number of halogens is 1. The Labute approximate surface area is 183 Å². The highest BCUT2D eigenvalue weighted by Gasteiger charge is 2.22. The summed E-state index contributed by atoms with van der Waals surface area (Å²) in [6.07, 6.45) is 2.56. The van der Waals surface area contributed by atoms with Crippen LogP contribution in [0.1, 0.15) is 31.4 Å². The highest BCUT2D eigenvalue weighted by Crippen LogP contribution is 2.39. The lowest BCUT2D eigenvalue weighted by atomic mass is 10.0. The lowest BCUT2D eigenvalue weighted by molar-refractivity contribution is 0.415. The maximum absolute atomic E-state index is 13.0. The molecular weight excluding hydrogens is 397 g/mol. The van der Waals surface area contributed by atoms with Gasteiger partial charge in [0.1, 0.15) is 10.8 Å². The molecule has 0 aliphatic rings. The van der Waals surface area contributed by atoms with E-state index in [-0.39, 0.29) is 6.67 Å². The number of pyridine rings is 1. The van der Waals surface area contributed by atoms with Gasteiger partial charge >= 0.3 is 0 Å². The Morgan fingerprint density at radius 1 is 1.23 bits per heavy atom. The molecule has 0 bridgehead atoms. The first-order valence-electron chi connectivity index (χ1n) is 10.4. The molecule has 3 aromatic rings. The molecule has 0 aliphatic heterocycles. The fraction of sp³-hybridized carbons (Fsp3) is 0.458. The zero-order chi connectivity index (χ0) is 21.8. The lowest BCUT2D eigenvalue weighted by Crippen LogP contribution is -2.29. The van der Waals surface area contributed by atoms with Crippen molar-refractivity contribution in [2.45, 2.75) is 39.1 Å². The molecule has 6 heteroatoms. The SMILES string of the molecule is COc1cc(C)cc(C)c1-c1cccc2c(N(CCCF)CC(C)C)c(SC)nn12. The quantitative estimate of drug-likeness (QED) is 0.380. The summed E-state index contributed by atoms with van der Waals surface area (Å²) in [5.74, 6) is 1.32. The molecule has 0 saturated carbocycles. The zero-order valence-corrected chi connectivity index (χ0v) is 19.6. The van der Waals surface area contributed by atoms with E-state index in [1.165, 1.54) is 5.56 Å². The summed E-state index contributed by atoms with van der Waals surface area (Å²) in [5.41, 5.74) is 6.50. The largest absolute Gasteiger partial charge is 0.496 e. The topological polar surface area (TPSA) is 29.8 Å². The maximum Gasteiger partial charge on any atom is 0.142 e. The van der Waals surface area contributed by atoms with E-state index in [2.05, 4.69) is 62.9 Å². The average Bonchev–Trinajstić information content (AvgIpc) is 3.09. The van der Waals surface area contributed by atoms with Crippen LogP contribution >= 0.6 is 11.8 Å². The Morgan fingerprint density at radius 3 is 2.63 bits per heavy atom. The van der Waals surface area contributed by atoms with Crippen molar-refractivity contribution in [3.8, 4) is 17.0 Å². The van der Waals surface area contributed by atoms with E-state index in [4.69, 9.17) is 9.84 Å². The minimum absolute atomic E-state index is 0.312. The van der Waals surface area contributed by atoms with E-state index in [0.29, 0.717) is 18.9 Å². The van der Waals surface area contributed by atoms with Gasteiger partial charge in [0, 0.05) is 18.7 Å². The van der Waals surface area contributed by atoms with E-state index < -0.39 is 0 Å². The van der Waals surface area contributed by atoms with Crippen LogP contribution in [-0.2, 0) is 0 Å². The predicted molar refractivity (Wildman–Crippen MR) is 126 cm³/mol. The van der Waals surface area contributed by atoms with Gasteiger partial charge < -0.3 is 9.64 Å². The summed E-state index contributed by atoms with van der Waals surface area (Å²) in [4.78, 5) is 2.29. The Hall–Kier alpha value is -2.21. The van der Waals surface area contributed by atoms with E-state index >= 15 is 0 Å². The monoisotopic (exact) mass is 429 g/mol. The van der Waals surface area contributed by atoms with Crippen LogP contribution in [0.2, 0.25) is 0 Å². The number of benzene rings is 1. The smallest absolute Gasteiger partial charge is 0.142 e. The third kappa shape index (κ3) is 4.43. The molecule has 0 aliphatic carbocycles. The molecule has 162 valence electrons. The van der Waals surface area contributed by atoms with Crippen molar-refractivity contribution in [3.63, 3.8) is 0 Å². The number of hydrogen-bond acceptors (Lipinski definition) is 4. The van der Waals surface area contributed by atoms with E-state index in [9.17, 15) is 4.39 Å². The van der Waals surface area contributed by atoms with Gasteiger partial charge in [-0.15, -0.1) is 11.8 Å². The van der Waals surface area contributed by atoms with E-state index in [1.54, 1.807) is 18.9 Å². The molecule has 0 atom stereocenters. The number of nitrogens with zero attached hydrogens (tertiary/aromatic N) is 3. The van der Waals surface area contributed by atoms with Crippen LogP contribution < -0.4 is 9.64 Å². The van der Waals surface area contributed by atoms with Gasteiger partial charge in [-0.2, -0.15) is 5.10 Å². The third-order valence-electron chi connectivity index (χ3n) is 5.18. The van der Waals surface area contributed by atoms with Gasteiger partial charge in [-0.3, -0.25) is 4.39 Å². The first kappa shape index (κ1) is 22.5. The van der Waals surface area contributed by atoms with Crippen molar-refractivity contribution in [3.05, 3.63) is 41.5 Å². The normalized spacial score (nSPS) is 11.5. The molecule has 0 spiro atoms. The van der Waals surface area contributed by atoms with Gasteiger partial charge in [-0.25, -0.2) is 4.52 Å². The Morgan fingerprint density at radius 2 is 2.00 bits per heavy atom. The molecule has 3 rings (SSSR count). The first-order valence-corrected chi connectivity index (χ1v) is 11.7. The molecule has 0 saturated heterocycles. The summed E-state index contributed by atoms with van der Waals surface area (Å²) in [5, 5.41) is 5.93. The summed E-state index contributed by atoms with van der Waals surface area (Å²) in [6.45, 7) is 9.81. The number of hydrogen-bond donors (Lipinski definition) is 0. The molecule has 2 aromatic heterocycles. The molecule has 0 fully saturated rings.